The number of likely N-dealkylation sites (N-methyl/N-ethyl adjacent to an activating group) is 1. The summed E-state index contributed by atoms with van der Waals surface area (Å²) in [6, 6.07) is 42.9. The standard InChI is InChI=1S/C40H42N2O5S/c1-29(31-11-5-3-6-12-31)42(2)27-36-25-39(33-19-17-30(28-43)18-20-33)47-40(46-36)34-23-21-32(22-24-34)38-16-10-9-13-35(38)26-41-48(44,45)37-14-7-4-8-15-37/h3-24,29,36,39-41,43H,25-28H2,1-2H3. The molecule has 7 nitrogen and oxygen atoms in total. The van der Waals surface area contributed by atoms with E-state index in [2.05, 4.69) is 47.9 Å². The summed E-state index contributed by atoms with van der Waals surface area (Å²) in [5, 5.41) is 9.56. The van der Waals surface area contributed by atoms with Gasteiger partial charge in [-0.2, -0.15) is 0 Å². The number of nitrogens with one attached hydrogen (secondary N) is 1. The van der Waals surface area contributed by atoms with E-state index in [9.17, 15) is 13.5 Å². The summed E-state index contributed by atoms with van der Waals surface area (Å²) in [5.74, 6) is 0. The molecule has 1 saturated heterocycles. The Morgan fingerprint density at radius 2 is 1.42 bits per heavy atom. The first kappa shape index (κ1) is 33.7. The van der Waals surface area contributed by atoms with Gasteiger partial charge in [0.25, 0.3) is 0 Å². The zero-order valence-electron chi connectivity index (χ0n) is 27.3. The van der Waals surface area contributed by atoms with E-state index >= 15 is 0 Å². The first-order valence-electron chi connectivity index (χ1n) is 16.3. The van der Waals surface area contributed by atoms with Crippen molar-refractivity contribution in [2.24, 2.45) is 0 Å². The van der Waals surface area contributed by atoms with Crippen LogP contribution in [0.2, 0.25) is 0 Å². The number of hydrogen-bond acceptors (Lipinski definition) is 6. The van der Waals surface area contributed by atoms with Crippen LogP contribution in [-0.4, -0.2) is 38.1 Å². The van der Waals surface area contributed by atoms with Crippen LogP contribution >= 0.6 is 0 Å². The van der Waals surface area contributed by atoms with Gasteiger partial charge in [0.1, 0.15) is 0 Å². The molecule has 5 aromatic carbocycles. The number of benzene rings is 5. The molecule has 4 atom stereocenters. The lowest BCUT2D eigenvalue weighted by molar-refractivity contribution is -0.253. The second-order valence-corrected chi connectivity index (χ2v) is 14.1. The van der Waals surface area contributed by atoms with Gasteiger partial charge in [0, 0.05) is 31.1 Å². The molecule has 0 spiro atoms. The fourth-order valence-corrected chi connectivity index (χ4v) is 7.16. The summed E-state index contributed by atoms with van der Waals surface area (Å²) in [7, 11) is -1.52. The molecule has 0 radical (unpaired) electrons. The van der Waals surface area contributed by atoms with Gasteiger partial charge in [-0.05, 0) is 59.5 Å². The molecule has 8 heteroatoms. The molecule has 0 aromatic heterocycles. The zero-order chi connectivity index (χ0) is 33.5. The maximum atomic E-state index is 12.9. The highest BCUT2D eigenvalue weighted by molar-refractivity contribution is 7.89. The van der Waals surface area contributed by atoms with Crippen molar-refractivity contribution in [2.75, 3.05) is 13.6 Å². The van der Waals surface area contributed by atoms with Crippen LogP contribution in [0.3, 0.4) is 0 Å². The van der Waals surface area contributed by atoms with Crippen molar-refractivity contribution in [3.05, 3.63) is 161 Å². The van der Waals surface area contributed by atoms with Crippen molar-refractivity contribution in [1.29, 1.82) is 0 Å². The first-order chi connectivity index (χ1) is 23.3. The minimum atomic E-state index is -3.65. The van der Waals surface area contributed by atoms with E-state index < -0.39 is 16.3 Å². The van der Waals surface area contributed by atoms with Crippen LogP contribution in [0.5, 0.6) is 0 Å². The van der Waals surface area contributed by atoms with Gasteiger partial charge in [0.2, 0.25) is 10.0 Å². The van der Waals surface area contributed by atoms with Crippen molar-refractivity contribution in [2.45, 2.75) is 55.9 Å². The third-order valence-electron chi connectivity index (χ3n) is 9.07. The number of aliphatic hydroxyl groups excluding tert-OH is 1. The van der Waals surface area contributed by atoms with Crippen LogP contribution in [0.4, 0.5) is 0 Å². The van der Waals surface area contributed by atoms with Crippen molar-refractivity contribution in [1.82, 2.24) is 9.62 Å². The molecule has 1 heterocycles. The molecule has 5 aromatic rings. The van der Waals surface area contributed by atoms with Crippen LogP contribution in [-0.2, 0) is 32.6 Å². The van der Waals surface area contributed by atoms with Crippen LogP contribution in [0.15, 0.2) is 138 Å². The quantitative estimate of drug-likeness (QED) is 0.143. The number of hydrogen-bond donors (Lipinski definition) is 2. The maximum absolute atomic E-state index is 12.9. The Balaban J connectivity index is 1.21. The van der Waals surface area contributed by atoms with Crippen LogP contribution in [0.1, 0.15) is 59.6 Å². The monoisotopic (exact) mass is 662 g/mol. The Morgan fingerprint density at radius 3 is 2.10 bits per heavy atom. The zero-order valence-corrected chi connectivity index (χ0v) is 28.1. The molecule has 0 bridgehead atoms. The number of nitrogens with zero attached hydrogens (tertiary/aromatic N) is 1. The second kappa shape index (κ2) is 15.4. The van der Waals surface area contributed by atoms with Crippen molar-refractivity contribution in [3.63, 3.8) is 0 Å². The minimum Gasteiger partial charge on any atom is -0.392 e. The molecular formula is C40H42N2O5S. The van der Waals surface area contributed by atoms with E-state index in [1.807, 2.05) is 78.9 Å². The molecule has 48 heavy (non-hydrogen) atoms. The topological polar surface area (TPSA) is 88.1 Å². The van der Waals surface area contributed by atoms with E-state index in [0.29, 0.717) is 6.42 Å². The van der Waals surface area contributed by atoms with Crippen LogP contribution < -0.4 is 4.72 Å². The Kier molecular flexibility index (Phi) is 10.8. The maximum Gasteiger partial charge on any atom is 0.240 e. The Morgan fingerprint density at radius 1 is 0.792 bits per heavy atom. The third kappa shape index (κ3) is 8.10. The largest absolute Gasteiger partial charge is 0.392 e. The van der Waals surface area contributed by atoms with Gasteiger partial charge < -0.3 is 14.6 Å². The van der Waals surface area contributed by atoms with Crippen LogP contribution in [0.25, 0.3) is 11.1 Å². The van der Waals surface area contributed by atoms with Crippen molar-refractivity contribution in [3.8, 4) is 11.1 Å². The molecule has 0 aliphatic carbocycles. The molecule has 1 fully saturated rings. The van der Waals surface area contributed by atoms with Gasteiger partial charge in [0.05, 0.1) is 23.7 Å². The summed E-state index contributed by atoms with van der Waals surface area (Å²) in [4.78, 5) is 2.56. The average Bonchev–Trinajstić information content (AvgIpc) is 3.14. The second-order valence-electron chi connectivity index (χ2n) is 12.3. The highest BCUT2D eigenvalue weighted by Crippen LogP contribution is 2.39. The lowest BCUT2D eigenvalue weighted by Gasteiger charge is -2.39. The molecular weight excluding hydrogens is 621 g/mol. The van der Waals surface area contributed by atoms with E-state index in [0.717, 1.165) is 39.9 Å². The smallest absolute Gasteiger partial charge is 0.240 e. The summed E-state index contributed by atoms with van der Waals surface area (Å²) in [6.45, 7) is 3.10. The predicted octanol–water partition coefficient (Wildman–Crippen LogP) is 7.56. The summed E-state index contributed by atoms with van der Waals surface area (Å²) < 4.78 is 41.7. The van der Waals surface area contributed by atoms with Gasteiger partial charge in [-0.25, -0.2) is 13.1 Å². The molecule has 2 N–H and O–H groups in total. The number of ether oxygens (including phenoxy) is 2. The van der Waals surface area contributed by atoms with E-state index in [1.165, 1.54) is 5.56 Å². The van der Waals surface area contributed by atoms with E-state index in [1.54, 1.807) is 30.3 Å². The van der Waals surface area contributed by atoms with E-state index in [4.69, 9.17) is 9.47 Å². The molecule has 1 aliphatic rings. The molecule has 0 amide bonds. The molecule has 6 rings (SSSR count). The van der Waals surface area contributed by atoms with Gasteiger partial charge in [-0.3, -0.25) is 4.90 Å². The van der Waals surface area contributed by atoms with Gasteiger partial charge in [-0.1, -0.05) is 121 Å². The van der Waals surface area contributed by atoms with Crippen LogP contribution in [0, 0.1) is 0 Å². The lowest BCUT2D eigenvalue weighted by atomic mass is 9.97. The Labute approximate surface area is 283 Å². The van der Waals surface area contributed by atoms with Crippen molar-refractivity contribution < 1.29 is 23.0 Å². The minimum absolute atomic E-state index is 0.00326. The highest BCUT2D eigenvalue weighted by atomic mass is 32.2. The average molecular weight is 663 g/mol. The summed E-state index contributed by atoms with van der Waals surface area (Å²) in [6.07, 6.45) is -0.139. The number of aliphatic hydroxyl groups is 1. The Hall–Kier alpha value is -4.15. The highest BCUT2D eigenvalue weighted by Gasteiger charge is 2.33. The normalized spacial score (nSPS) is 18.9. The predicted molar refractivity (Wildman–Crippen MR) is 188 cm³/mol. The summed E-state index contributed by atoms with van der Waals surface area (Å²) in [5.41, 5.74) is 6.85. The Bertz CT molecular complexity index is 1870. The molecule has 0 saturated carbocycles. The van der Waals surface area contributed by atoms with Gasteiger partial charge >= 0.3 is 0 Å². The van der Waals surface area contributed by atoms with Gasteiger partial charge in [-0.15, -0.1) is 0 Å². The fraction of sp³-hybridized carbons (Fsp3) is 0.250. The molecule has 248 valence electrons. The van der Waals surface area contributed by atoms with Crippen molar-refractivity contribution >= 4 is 10.0 Å². The van der Waals surface area contributed by atoms with E-state index in [-0.39, 0.29) is 36.3 Å². The SMILES string of the molecule is CC(c1ccccc1)N(C)CC1CC(c2ccc(CO)cc2)OC(c2ccc(-c3ccccc3CNS(=O)(=O)c3ccccc3)cc2)O1. The third-order valence-corrected chi connectivity index (χ3v) is 10.5. The molecule has 1 aliphatic heterocycles. The number of rotatable bonds is 12. The number of sulfonamides is 1. The molecule has 4 unspecified atom stereocenters. The van der Waals surface area contributed by atoms with Gasteiger partial charge in [0.15, 0.2) is 6.29 Å². The fourth-order valence-electron chi connectivity index (χ4n) is 6.13. The first-order valence-corrected chi connectivity index (χ1v) is 17.8. The summed E-state index contributed by atoms with van der Waals surface area (Å²) >= 11 is 0. The lowest BCUT2D eigenvalue weighted by Crippen LogP contribution is -2.38.